The zero-order valence-corrected chi connectivity index (χ0v) is 14.7. The van der Waals surface area contributed by atoms with Gasteiger partial charge >= 0.3 is 0 Å². The second kappa shape index (κ2) is 6.21. The van der Waals surface area contributed by atoms with E-state index in [0.29, 0.717) is 16.3 Å². The summed E-state index contributed by atoms with van der Waals surface area (Å²) >= 11 is 1.09. The minimum absolute atomic E-state index is 0.185. The summed E-state index contributed by atoms with van der Waals surface area (Å²) in [5.41, 5.74) is 2.71. The molecule has 2 heterocycles. The largest absolute Gasteiger partial charge is 0.279 e. The zero-order chi connectivity index (χ0) is 17.3. The molecule has 0 atom stereocenters. The Labute approximate surface area is 143 Å². The number of aryl methyl sites for hydroxylation is 2. The summed E-state index contributed by atoms with van der Waals surface area (Å²) < 4.78 is 27.9. The SMILES string of the molecule is Cc1cc(C)cc(NS(=O)(=O)c2ccc(-c3ccc(=O)[nH]n3)s2)c1. The Kier molecular flexibility index (Phi) is 4.25. The molecule has 24 heavy (non-hydrogen) atoms. The Balaban J connectivity index is 1.90. The molecule has 0 amide bonds. The topological polar surface area (TPSA) is 91.9 Å². The summed E-state index contributed by atoms with van der Waals surface area (Å²) in [5, 5.41) is 6.24. The lowest BCUT2D eigenvalue weighted by molar-refractivity contribution is 0.603. The lowest BCUT2D eigenvalue weighted by atomic mass is 10.1. The van der Waals surface area contributed by atoms with Crippen molar-refractivity contribution in [3.63, 3.8) is 0 Å². The van der Waals surface area contributed by atoms with E-state index in [-0.39, 0.29) is 9.77 Å². The van der Waals surface area contributed by atoms with E-state index < -0.39 is 10.0 Å². The molecule has 0 saturated carbocycles. The van der Waals surface area contributed by atoms with Gasteiger partial charge in [-0.25, -0.2) is 13.5 Å². The predicted molar refractivity (Wildman–Crippen MR) is 94.9 cm³/mol. The van der Waals surface area contributed by atoms with Crippen LogP contribution in [0.3, 0.4) is 0 Å². The number of thiophene rings is 1. The van der Waals surface area contributed by atoms with Crippen molar-refractivity contribution in [1.82, 2.24) is 10.2 Å². The molecule has 6 nitrogen and oxygen atoms in total. The molecule has 2 aromatic heterocycles. The van der Waals surface area contributed by atoms with Gasteiger partial charge in [-0.05, 0) is 55.3 Å². The van der Waals surface area contributed by atoms with Gasteiger partial charge in [-0.1, -0.05) is 6.07 Å². The van der Waals surface area contributed by atoms with E-state index in [1.54, 1.807) is 24.3 Å². The minimum Gasteiger partial charge on any atom is -0.279 e. The van der Waals surface area contributed by atoms with Crippen molar-refractivity contribution in [3.8, 4) is 10.6 Å². The number of hydrogen-bond donors (Lipinski definition) is 2. The number of anilines is 1. The van der Waals surface area contributed by atoms with E-state index in [0.717, 1.165) is 22.5 Å². The van der Waals surface area contributed by atoms with Gasteiger partial charge in [0.15, 0.2) is 0 Å². The van der Waals surface area contributed by atoms with Crippen LogP contribution in [0.5, 0.6) is 0 Å². The quantitative estimate of drug-likeness (QED) is 0.747. The second-order valence-electron chi connectivity index (χ2n) is 5.41. The number of nitrogens with one attached hydrogen (secondary N) is 2. The summed E-state index contributed by atoms with van der Waals surface area (Å²) in [4.78, 5) is 11.7. The zero-order valence-electron chi connectivity index (χ0n) is 13.0. The molecule has 0 bridgehead atoms. The first-order valence-corrected chi connectivity index (χ1v) is 9.40. The third-order valence-corrected chi connectivity index (χ3v) is 6.23. The van der Waals surface area contributed by atoms with Crippen LogP contribution >= 0.6 is 11.3 Å². The Bertz CT molecular complexity index is 1010. The maximum absolute atomic E-state index is 12.5. The van der Waals surface area contributed by atoms with Gasteiger partial charge in [0.25, 0.3) is 15.6 Å². The predicted octanol–water partition coefficient (Wildman–Crippen LogP) is 2.92. The van der Waals surface area contributed by atoms with E-state index in [4.69, 9.17) is 0 Å². The van der Waals surface area contributed by atoms with Gasteiger partial charge < -0.3 is 0 Å². The van der Waals surface area contributed by atoms with Crippen LogP contribution in [0, 0.1) is 13.8 Å². The van der Waals surface area contributed by atoms with Crippen LogP contribution in [0.2, 0.25) is 0 Å². The normalized spacial score (nSPS) is 11.4. The number of H-pyrrole nitrogens is 1. The summed E-state index contributed by atoms with van der Waals surface area (Å²) in [6, 6.07) is 11.6. The number of benzene rings is 1. The number of nitrogens with zero attached hydrogens (tertiary/aromatic N) is 1. The molecule has 3 aromatic rings. The molecule has 124 valence electrons. The molecular weight excluding hydrogens is 346 g/mol. The highest BCUT2D eigenvalue weighted by molar-refractivity contribution is 7.94. The lowest BCUT2D eigenvalue weighted by Crippen LogP contribution is -2.11. The Hall–Kier alpha value is -2.45. The van der Waals surface area contributed by atoms with Crippen molar-refractivity contribution in [2.75, 3.05) is 4.72 Å². The number of rotatable bonds is 4. The maximum atomic E-state index is 12.5. The highest BCUT2D eigenvalue weighted by Gasteiger charge is 2.18. The van der Waals surface area contributed by atoms with Crippen LogP contribution in [0.15, 0.2) is 51.5 Å². The van der Waals surface area contributed by atoms with E-state index in [1.807, 2.05) is 19.9 Å². The summed E-state index contributed by atoms with van der Waals surface area (Å²) in [6.45, 7) is 3.83. The highest BCUT2D eigenvalue weighted by atomic mass is 32.2. The molecule has 8 heteroatoms. The van der Waals surface area contributed by atoms with Gasteiger partial charge in [-0.3, -0.25) is 9.52 Å². The van der Waals surface area contributed by atoms with Crippen molar-refractivity contribution >= 4 is 27.0 Å². The maximum Gasteiger partial charge on any atom is 0.271 e. The van der Waals surface area contributed by atoms with Gasteiger partial charge in [0.2, 0.25) is 0 Å². The molecule has 0 fully saturated rings. The molecule has 0 spiro atoms. The first kappa shape index (κ1) is 16.4. The third kappa shape index (κ3) is 3.55. The molecule has 2 N–H and O–H groups in total. The summed E-state index contributed by atoms with van der Waals surface area (Å²) in [7, 11) is -3.67. The van der Waals surface area contributed by atoms with Crippen LogP contribution in [0.25, 0.3) is 10.6 Å². The van der Waals surface area contributed by atoms with Gasteiger partial charge in [0.1, 0.15) is 9.90 Å². The van der Waals surface area contributed by atoms with Crippen molar-refractivity contribution in [1.29, 1.82) is 0 Å². The van der Waals surface area contributed by atoms with E-state index in [1.165, 1.54) is 12.1 Å². The van der Waals surface area contributed by atoms with Gasteiger partial charge in [-0.15, -0.1) is 11.3 Å². The van der Waals surface area contributed by atoms with E-state index in [9.17, 15) is 13.2 Å². The van der Waals surface area contributed by atoms with Crippen molar-refractivity contribution in [2.45, 2.75) is 18.1 Å². The summed E-state index contributed by atoms with van der Waals surface area (Å²) in [6.07, 6.45) is 0. The standard InChI is InChI=1S/C16H15N3O3S2/c1-10-7-11(2)9-12(8-10)19-24(21,22)16-6-4-14(23-16)13-3-5-15(20)18-17-13/h3-9,19H,1-2H3,(H,18,20). The van der Waals surface area contributed by atoms with E-state index >= 15 is 0 Å². The third-order valence-electron chi connectivity index (χ3n) is 3.25. The highest BCUT2D eigenvalue weighted by Crippen LogP contribution is 2.30. The minimum atomic E-state index is -3.67. The Morgan fingerprint density at radius 3 is 2.38 bits per heavy atom. The van der Waals surface area contributed by atoms with Crippen LogP contribution in [0.4, 0.5) is 5.69 Å². The van der Waals surface area contributed by atoms with Crippen molar-refractivity contribution in [3.05, 3.63) is 63.9 Å². The van der Waals surface area contributed by atoms with E-state index in [2.05, 4.69) is 14.9 Å². The first-order chi connectivity index (χ1) is 11.3. The smallest absolute Gasteiger partial charge is 0.271 e. The number of sulfonamides is 1. The van der Waals surface area contributed by atoms with Crippen molar-refractivity contribution < 1.29 is 8.42 Å². The number of aromatic nitrogens is 2. The molecule has 1 aromatic carbocycles. The monoisotopic (exact) mass is 361 g/mol. The number of aromatic amines is 1. The molecule has 0 aliphatic heterocycles. The molecule has 0 unspecified atom stereocenters. The van der Waals surface area contributed by atoms with Crippen LogP contribution in [0.1, 0.15) is 11.1 Å². The average Bonchev–Trinajstić information content (AvgIpc) is 2.97. The number of hydrogen-bond acceptors (Lipinski definition) is 5. The second-order valence-corrected chi connectivity index (χ2v) is 8.40. The van der Waals surface area contributed by atoms with Crippen LogP contribution < -0.4 is 10.3 Å². The fraction of sp³-hybridized carbons (Fsp3) is 0.125. The Morgan fingerprint density at radius 2 is 1.75 bits per heavy atom. The molecule has 0 aliphatic rings. The van der Waals surface area contributed by atoms with Crippen molar-refractivity contribution in [2.24, 2.45) is 0 Å². The molecule has 3 rings (SSSR count). The molecule has 0 radical (unpaired) electrons. The fourth-order valence-electron chi connectivity index (χ4n) is 2.32. The first-order valence-electron chi connectivity index (χ1n) is 7.10. The van der Waals surface area contributed by atoms with Crippen LogP contribution in [-0.2, 0) is 10.0 Å². The Morgan fingerprint density at radius 1 is 1.04 bits per heavy atom. The van der Waals surface area contributed by atoms with Gasteiger partial charge in [-0.2, -0.15) is 5.10 Å². The van der Waals surface area contributed by atoms with Gasteiger partial charge in [0.05, 0.1) is 4.88 Å². The fourth-order valence-corrected chi connectivity index (χ4v) is 4.64. The van der Waals surface area contributed by atoms with Crippen LogP contribution in [-0.4, -0.2) is 18.6 Å². The molecular formula is C16H15N3O3S2. The van der Waals surface area contributed by atoms with Gasteiger partial charge in [0, 0.05) is 11.8 Å². The lowest BCUT2D eigenvalue weighted by Gasteiger charge is -2.08. The molecule has 0 aliphatic carbocycles. The summed E-state index contributed by atoms with van der Waals surface area (Å²) in [5.74, 6) is 0. The molecule has 0 saturated heterocycles. The average molecular weight is 361 g/mol.